The van der Waals surface area contributed by atoms with Gasteiger partial charge in [-0.05, 0) is 43.5 Å². The van der Waals surface area contributed by atoms with Crippen molar-refractivity contribution in [3.63, 3.8) is 0 Å². The molecular formula is C19H21N5. The third-order valence-corrected chi connectivity index (χ3v) is 4.73. The lowest BCUT2D eigenvalue weighted by Crippen LogP contribution is -2.37. The summed E-state index contributed by atoms with van der Waals surface area (Å²) in [6, 6.07) is 14.2. The van der Waals surface area contributed by atoms with Gasteiger partial charge in [0.1, 0.15) is 0 Å². The summed E-state index contributed by atoms with van der Waals surface area (Å²) in [5, 5.41) is 1.14. The molecule has 24 heavy (non-hydrogen) atoms. The van der Waals surface area contributed by atoms with Crippen molar-refractivity contribution in [3.05, 3.63) is 48.7 Å². The van der Waals surface area contributed by atoms with Crippen LogP contribution < -0.4 is 10.6 Å². The van der Waals surface area contributed by atoms with Gasteiger partial charge in [0.25, 0.3) is 0 Å². The Bertz CT molecular complexity index is 840. The van der Waals surface area contributed by atoms with Crippen LogP contribution in [0.4, 0.5) is 5.95 Å². The lowest BCUT2D eigenvalue weighted by molar-refractivity contribution is 0.411. The summed E-state index contributed by atoms with van der Waals surface area (Å²) in [7, 11) is 0. The van der Waals surface area contributed by atoms with Crippen molar-refractivity contribution in [2.75, 3.05) is 24.5 Å². The van der Waals surface area contributed by atoms with Crippen LogP contribution in [0.2, 0.25) is 0 Å². The Balaban J connectivity index is 1.62. The second-order valence-electron chi connectivity index (χ2n) is 6.30. The zero-order valence-corrected chi connectivity index (χ0v) is 13.6. The second kappa shape index (κ2) is 6.53. The Labute approximate surface area is 141 Å². The van der Waals surface area contributed by atoms with E-state index in [1.54, 1.807) is 0 Å². The standard InChI is InChI=1S/C19H21N5/c20-13-14-8-11-24(12-9-14)19-21-10-7-18(23-19)17-6-5-15-3-1-2-4-16(15)22-17/h1-7,10,14H,8-9,11-13,20H2. The van der Waals surface area contributed by atoms with Gasteiger partial charge in [0.15, 0.2) is 0 Å². The second-order valence-corrected chi connectivity index (χ2v) is 6.30. The lowest BCUT2D eigenvalue weighted by Gasteiger charge is -2.31. The molecule has 0 amide bonds. The third kappa shape index (κ3) is 2.95. The van der Waals surface area contributed by atoms with E-state index < -0.39 is 0 Å². The molecule has 4 rings (SSSR count). The molecule has 0 unspecified atom stereocenters. The Morgan fingerprint density at radius 2 is 1.75 bits per heavy atom. The van der Waals surface area contributed by atoms with E-state index in [0.717, 1.165) is 60.7 Å². The predicted molar refractivity (Wildman–Crippen MR) is 96.8 cm³/mol. The number of fused-ring (bicyclic) bond motifs is 1. The summed E-state index contributed by atoms with van der Waals surface area (Å²) >= 11 is 0. The minimum atomic E-state index is 0.631. The molecule has 3 aromatic rings. The first-order chi connectivity index (χ1) is 11.8. The molecule has 1 aliphatic heterocycles. The largest absolute Gasteiger partial charge is 0.341 e. The highest BCUT2D eigenvalue weighted by molar-refractivity contribution is 5.81. The molecule has 1 aromatic carbocycles. The van der Waals surface area contributed by atoms with Gasteiger partial charge in [-0.25, -0.2) is 15.0 Å². The number of anilines is 1. The van der Waals surface area contributed by atoms with Gasteiger partial charge in [-0.3, -0.25) is 0 Å². The van der Waals surface area contributed by atoms with Gasteiger partial charge in [0.05, 0.1) is 16.9 Å². The van der Waals surface area contributed by atoms with Crippen LogP contribution in [0.25, 0.3) is 22.3 Å². The fourth-order valence-electron chi connectivity index (χ4n) is 3.22. The van der Waals surface area contributed by atoms with Gasteiger partial charge in [0.2, 0.25) is 5.95 Å². The highest BCUT2D eigenvalue weighted by Crippen LogP contribution is 2.23. The number of piperidine rings is 1. The Kier molecular flexibility index (Phi) is 4.09. The van der Waals surface area contributed by atoms with Crippen molar-refractivity contribution >= 4 is 16.9 Å². The van der Waals surface area contributed by atoms with Gasteiger partial charge in [-0.15, -0.1) is 0 Å². The summed E-state index contributed by atoms with van der Waals surface area (Å²) in [5.74, 6) is 1.42. The van der Waals surface area contributed by atoms with Gasteiger partial charge >= 0.3 is 0 Å². The summed E-state index contributed by atoms with van der Waals surface area (Å²) in [5.41, 5.74) is 8.51. The number of nitrogens with zero attached hydrogens (tertiary/aromatic N) is 4. The fraction of sp³-hybridized carbons (Fsp3) is 0.316. The molecule has 5 heteroatoms. The van der Waals surface area contributed by atoms with Crippen LogP contribution in [0.1, 0.15) is 12.8 Å². The zero-order valence-electron chi connectivity index (χ0n) is 13.6. The minimum absolute atomic E-state index is 0.631. The number of para-hydroxylation sites is 1. The number of rotatable bonds is 3. The molecule has 2 aromatic heterocycles. The van der Waals surface area contributed by atoms with Gasteiger partial charge in [0, 0.05) is 24.7 Å². The molecule has 3 heterocycles. The van der Waals surface area contributed by atoms with E-state index in [4.69, 9.17) is 15.7 Å². The number of aromatic nitrogens is 3. The molecule has 0 spiro atoms. The van der Waals surface area contributed by atoms with E-state index in [1.165, 1.54) is 0 Å². The molecule has 0 saturated carbocycles. The highest BCUT2D eigenvalue weighted by atomic mass is 15.3. The number of hydrogen-bond acceptors (Lipinski definition) is 5. The molecule has 0 bridgehead atoms. The molecule has 122 valence electrons. The average molecular weight is 319 g/mol. The normalized spacial score (nSPS) is 15.8. The summed E-state index contributed by atoms with van der Waals surface area (Å²) in [6.45, 7) is 2.71. The quantitative estimate of drug-likeness (QED) is 0.804. The Hall–Kier alpha value is -2.53. The lowest BCUT2D eigenvalue weighted by atomic mass is 9.97. The van der Waals surface area contributed by atoms with E-state index in [1.807, 2.05) is 36.5 Å². The van der Waals surface area contributed by atoms with E-state index in [9.17, 15) is 0 Å². The van der Waals surface area contributed by atoms with Gasteiger partial charge < -0.3 is 10.6 Å². The van der Waals surface area contributed by atoms with E-state index in [2.05, 4.69) is 22.0 Å². The molecule has 1 fully saturated rings. The Morgan fingerprint density at radius 3 is 2.58 bits per heavy atom. The monoisotopic (exact) mass is 319 g/mol. The van der Waals surface area contributed by atoms with Crippen LogP contribution in [-0.2, 0) is 0 Å². The summed E-state index contributed by atoms with van der Waals surface area (Å²) in [6.07, 6.45) is 4.04. The fourth-order valence-corrected chi connectivity index (χ4v) is 3.22. The molecular weight excluding hydrogens is 298 g/mol. The number of benzene rings is 1. The van der Waals surface area contributed by atoms with Gasteiger partial charge in [-0.1, -0.05) is 24.3 Å². The van der Waals surface area contributed by atoms with Crippen molar-refractivity contribution in [1.29, 1.82) is 0 Å². The number of nitrogens with two attached hydrogens (primary N) is 1. The molecule has 0 aliphatic carbocycles. The van der Waals surface area contributed by atoms with Crippen LogP contribution in [0.3, 0.4) is 0 Å². The van der Waals surface area contributed by atoms with Crippen molar-refractivity contribution < 1.29 is 0 Å². The van der Waals surface area contributed by atoms with Crippen LogP contribution in [0.5, 0.6) is 0 Å². The van der Waals surface area contributed by atoms with Crippen LogP contribution in [0.15, 0.2) is 48.7 Å². The van der Waals surface area contributed by atoms with E-state index in [-0.39, 0.29) is 0 Å². The van der Waals surface area contributed by atoms with Crippen molar-refractivity contribution in [1.82, 2.24) is 15.0 Å². The van der Waals surface area contributed by atoms with Crippen LogP contribution >= 0.6 is 0 Å². The predicted octanol–water partition coefficient (Wildman–Crippen LogP) is 2.87. The van der Waals surface area contributed by atoms with Crippen molar-refractivity contribution in [2.45, 2.75) is 12.8 Å². The molecule has 0 atom stereocenters. The number of pyridine rings is 1. The molecule has 5 nitrogen and oxygen atoms in total. The zero-order chi connectivity index (χ0) is 16.4. The van der Waals surface area contributed by atoms with Crippen molar-refractivity contribution in [2.24, 2.45) is 11.7 Å². The third-order valence-electron chi connectivity index (χ3n) is 4.73. The molecule has 1 aliphatic rings. The average Bonchev–Trinajstić information content (AvgIpc) is 2.68. The van der Waals surface area contributed by atoms with E-state index in [0.29, 0.717) is 5.92 Å². The summed E-state index contributed by atoms with van der Waals surface area (Å²) < 4.78 is 0. The number of hydrogen-bond donors (Lipinski definition) is 1. The van der Waals surface area contributed by atoms with Gasteiger partial charge in [-0.2, -0.15) is 0 Å². The maximum Gasteiger partial charge on any atom is 0.225 e. The molecule has 0 radical (unpaired) electrons. The van der Waals surface area contributed by atoms with Crippen LogP contribution in [0, 0.1) is 5.92 Å². The van der Waals surface area contributed by atoms with Crippen molar-refractivity contribution in [3.8, 4) is 11.4 Å². The minimum Gasteiger partial charge on any atom is -0.341 e. The SMILES string of the molecule is NCC1CCN(c2nccc(-c3ccc4ccccc4n3)n2)CC1. The van der Waals surface area contributed by atoms with E-state index >= 15 is 0 Å². The molecule has 2 N–H and O–H groups in total. The first kappa shape index (κ1) is 15.0. The smallest absolute Gasteiger partial charge is 0.225 e. The maximum absolute atomic E-state index is 5.77. The summed E-state index contributed by atoms with van der Waals surface area (Å²) in [4.78, 5) is 16.2. The van der Waals surface area contributed by atoms with Crippen LogP contribution in [-0.4, -0.2) is 34.6 Å². The highest BCUT2D eigenvalue weighted by Gasteiger charge is 2.20. The topological polar surface area (TPSA) is 67.9 Å². The Morgan fingerprint density at radius 1 is 0.958 bits per heavy atom. The molecule has 1 saturated heterocycles. The maximum atomic E-state index is 5.77. The first-order valence-electron chi connectivity index (χ1n) is 8.48. The first-order valence-corrected chi connectivity index (χ1v) is 8.48.